The van der Waals surface area contributed by atoms with E-state index in [1.54, 1.807) is 25.3 Å². The van der Waals surface area contributed by atoms with Gasteiger partial charge in [0.15, 0.2) is 0 Å². The maximum atomic E-state index is 12.4. The van der Waals surface area contributed by atoms with Crippen LogP contribution in [-0.2, 0) is 11.2 Å². The fourth-order valence-corrected chi connectivity index (χ4v) is 2.98. The number of hydrogen-bond donors (Lipinski definition) is 1. The number of amides is 1. The molecule has 1 amide bonds. The maximum absolute atomic E-state index is 12.4. The van der Waals surface area contributed by atoms with Crippen molar-refractivity contribution in [2.24, 2.45) is 0 Å². The summed E-state index contributed by atoms with van der Waals surface area (Å²) in [6, 6.07) is 9.94. The van der Waals surface area contributed by atoms with E-state index in [-0.39, 0.29) is 24.1 Å². The average Bonchev–Trinajstić information content (AvgIpc) is 3.01. The predicted molar refractivity (Wildman–Crippen MR) is 99.0 cm³/mol. The molecule has 0 bridgehead atoms. The fourth-order valence-electron chi connectivity index (χ4n) is 2.98. The molecule has 1 aromatic heterocycles. The zero-order valence-electron chi connectivity index (χ0n) is 14.9. The summed E-state index contributed by atoms with van der Waals surface area (Å²) in [6.45, 7) is 5.82. The van der Waals surface area contributed by atoms with Gasteiger partial charge in [0.2, 0.25) is 5.91 Å². The fraction of sp³-hybridized carbons (Fsp3) is 0.250. The topological polar surface area (TPSA) is 85.4 Å². The Bertz CT molecular complexity index is 991. The van der Waals surface area contributed by atoms with Crippen molar-refractivity contribution in [3.63, 3.8) is 0 Å². The lowest BCUT2D eigenvalue weighted by Gasteiger charge is -2.14. The average molecular weight is 352 g/mol. The first-order valence-electron chi connectivity index (χ1n) is 8.37. The van der Waals surface area contributed by atoms with Crippen molar-refractivity contribution in [2.75, 3.05) is 0 Å². The van der Waals surface area contributed by atoms with Crippen LogP contribution in [0.25, 0.3) is 11.0 Å². The number of hydrogen-bond acceptors (Lipinski definition) is 4. The minimum atomic E-state index is -0.444. The highest BCUT2D eigenvalue weighted by molar-refractivity contribution is 5.89. The number of fused-ring (bicyclic) bond motifs is 1. The van der Waals surface area contributed by atoms with E-state index in [0.717, 1.165) is 27.7 Å². The van der Waals surface area contributed by atoms with Crippen LogP contribution >= 0.6 is 0 Å². The normalized spacial score (nSPS) is 12.1. The van der Waals surface area contributed by atoms with Crippen LogP contribution in [0.4, 0.5) is 5.69 Å². The lowest BCUT2D eigenvalue weighted by Crippen LogP contribution is -2.28. The summed E-state index contributed by atoms with van der Waals surface area (Å²) in [5.74, 6) is -0.162. The van der Waals surface area contributed by atoms with Crippen LogP contribution in [0.3, 0.4) is 0 Å². The van der Waals surface area contributed by atoms with E-state index in [1.807, 2.05) is 26.0 Å². The molecule has 0 aliphatic heterocycles. The van der Waals surface area contributed by atoms with Gasteiger partial charge in [-0.05, 0) is 37.5 Å². The van der Waals surface area contributed by atoms with Crippen molar-refractivity contribution in [3.8, 4) is 0 Å². The summed E-state index contributed by atoms with van der Waals surface area (Å²) in [6.07, 6.45) is 1.81. The van der Waals surface area contributed by atoms with Crippen LogP contribution in [0.2, 0.25) is 0 Å². The number of non-ortho nitro benzene ring substituents is 1. The number of rotatable bonds is 5. The van der Waals surface area contributed by atoms with Crippen LogP contribution in [0, 0.1) is 24.0 Å². The molecule has 1 unspecified atom stereocenters. The number of nitro benzene ring substituents is 1. The van der Waals surface area contributed by atoms with E-state index in [4.69, 9.17) is 4.42 Å². The molecule has 3 aromatic rings. The molecule has 3 rings (SSSR count). The van der Waals surface area contributed by atoms with Gasteiger partial charge in [0.05, 0.1) is 23.6 Å². The summed E-state index contributed by atoms with van der Waals surface area (Å²) in [4.78, 5) is 22.9. The Morgan fingerprint density at radius 2 is 2.04 bits per heavy atom. The maximum Gasteiger partial charge on any atom is 0.269 e. The van der Waals surface area contributed by atoms with Crippen LogP contribution < -0.4 is 5.32 Å². The molecule has 0 saturated heterocycles. The Morgan fingerprint density at radius 1 is 1.27 bits per heavy atom. The number of aryl methyl sites for hydroxylation is 2. The lowest BCUT2D eigenvalue weighted by atomic mass is 10.0. The van der Waals surface area contributed by atoms with Gasteiger partial charge in [-0.3, -0.25) is 14.9 Å². The molecule has 2 aromatic carbocycles. The van der Waals surface area contributed by atoms with Crippen molar-refractivity contribution >= 4 is 22.6 Å². The molecule has 0 saturated carbocycles. The van der Waals surface area contributed by atoms with Crippen molar-refractivity contribution < 1.29 is 14.1 Å². The first kappa shape index (κ1) is 17.7. The molecule has 0 spiro atoms. The standard InChI is InChI=1S/C20H20N2O4/c1-12-7-8-18-16(11-26-20(18)13(12)2)10-19(23)21-14(3)15-5-4-6-17(9-15)22(24)25/h4-9,11,14H,10H2,1-3H3,(H,21,23). The number of furan rings is 1. The number of nitrogens with one attached hydrogen (secondary N) is 1. The third-order valence-electron chi connectivity index (χ3n) is 4.65. The molecule has 6 heteroatoms. The second-order valence-electron chi connectivity index (χ2n) is 6.46. The molecule has 0 aliphatic carbocycles. The van der Waals surface area contributed by atoms with E-state index < -0.39 is 4.92 Å². The Labute approximate surface area is 151 Å². The van der Waals surface area contributed by atoms with Crippen molar-refractivity contribution in [3.05, 3.63) is 75.0 Å². The molecule has 1 heterocycles. The van der Waals surface area contributed by atoms with Gasteiger partial charge < -0.3 is 9.73 Å². The highest BCUT2D eigenvalue weighted by Gasteiger charge is 2.16. The van der Waals surface area contributed by atoms with E-state index in [2.05, 4.69) is 5.32 Å². The number of nitro groups is 1. The first-order valence-corrected chi connectivity index (χ1v) is 8.37. The van der Waals surface area contributed by atoms with E-state index in [9.17, 15) is 14.9 Å². The van der Waals surface area contributed by atoms with Crippen molar-refractivity contribution in [1.82, 2.24) is 5.32 Å². The molecular formula is C20H20N2O4. The summed E-state index contributed by atoms with van der Waals surface area (Å²) >= 11 is 0. The quantitative estimate of drug-likeness (QED) is 0.545. The van der Waals surface area contributed by atoms with Crippen LogP contribution in [0.15, 0.2) is 47.1 Å². The Balaban J connectivity index is 1.74. The molecule has 0 radical (unpaired) electrons. The summed E-state index contributed by atoms with van der Waals surface area (Å²) < 4.78 is 5.64. The van der Waals surface area contributed by atoms with Gasteiger partial charge in [0.25, 0.3) is 5.69 Å². The molecule has 134 valence electrons. The smallest absolute Gasteiger partial charge is 0.269 e. The van der Waals surface area contributed by atoms with Gasteiger partial charge in [0, 0.05) is 23.1 Å². The third-order valence-corrected chi connectivity index (χ3v) is 4.65. The number of benzene rings is 2. The lowest BCUT2D eigenvalue weighted by molar-refractivity contribution is -0.384. The van der Waals surface area contributed by atoms with Gasteiger partial charge in [-0.15, -0.1) is 0 Å². The molecule has 6 nitrogen and oxygen atoms in total. The summed E-state index contributed by atoms with van der Waals surface area (Å²) in [7, 11) is 0. The molecular weight excluding hydrogens is 332 g/mol. The Hall–Kier alpha value is -3.15. The molecule has 1 N–H and O–H groups in total. The Morgan fingerprint density at radius 3 is 2.77 bits per heavy atom. The van der Waals surface area contributed by atoms with Crippen LogP contribution in [0.5, 0.6) is 0 Å². The molecule has 0 aliphatic rings. The highest BCUT2D eigenvalue weighted by atomic mass is 16.6. The highest BCUT2D eigenvalue weighted by Crippen LogP contribution is 2.27. The largest absolute Gasteiger partial charge is 0.464 e. The van der Waals surface area contributed by atoms with Crippen molar-refractivity contribution in [1.29, 1.82) is 0 Å². The minimum Gasteiger partial charge on any atom is -0.464 e. The predicted octanol–water partition coefficient (Wildman–Crippen LogP) is 4.38. The minimum absolute atomic E-state index is 0.00951. The summed E-state index contributed by atoms with van der Waals surface area (Å²) in [5, 5.41) is 14.7. The first-order chi connectivity index (χ1) is 12.4. The second kappa shape index (κ2) is 7.00. The monoisotopic (exact) mass is 352 g/mol. The van der Waals surface area contributed by atoms with Gasteiger partial charge in [-0.1, -0.05) is 24.3 Å². The van der Waals surface area contributed by atoms with Gasteiger partial charge >= 0.3 is 0 Å². The second-order valence-corrected chi connectivity index (χ2v) is 6.46. The van der Waals surface area contributed by atoms with Crippen LogP contribution in [0.1, 0.15) is 35.2 Å². The number of carbonyl (C=O) groups is 1. The SMILES string of the molecule is Cc1ccc2c(CC(=O)NC(C)c3cccc([N+](=O)[O-])c3)coc2c1C. The van der Waals surface area contributed by atoms with E-state index in [0.29, 0.717) is 5.56 Å². The number of carbonyl (C=O) groups excluding carboxylic acids is 1. The Kier molecular flexibility index (Phi) is 4.75. The van der Waals surface area contributed by atoms with Crippen molar-refractivity contribution in [2.45, 2.75) is 33.2 Å². The number of nitrogens with zero attached hydrogens (tertiary/aromatic N) is 1. The zero-order valence-corrected chi connectivity index (χ0v) is 14.9. The van der Waals surface area contributed by atoms with Crippen LogP contribution in [-0.4, -0.2) is 10.8 Å². The van der Waals surface area contributed by atoms with Gasteiger partial charge in [-0.25, -0.2) is 0 Å². The third kappa shape index (κ3) is 3.44. The summed E-state index contributed by atoms with van der Waals surface area (Å²) in [5.41, 5.74) is 4.54. The van der Waals surface area contributed by atoms with Gasteiger partial charge in [-0.2, -0.15) is 0 Å². The molecule has 1 atom stereocenters. The van der Waals surface area contributed by atoms with E-state index in [1.165, 1.54) is 12.1 Å². The van der Waals surface area contributed by atoms with E-state index >= 15 is 0 Å². The zero-order chi connectivity index (χ0) is 18.8. The molecule has 26 heavy (non-hydrogen) atoms. The molecule has 0 fully saturated rings. The van der Waals surface area contributed by atoms with Gasteiger partial charge in [0.1, 0.15) is 5.58 Å².